The Morgan fingerprint density at radius 3 is 2.27 bits per heavy atom. The van der Waals surface area contributed by atoms with E-state index in [4.69, 9.17) is 11.6 Å². The summed E-state index contributed by atoms with van der Waals surface area (Å²) in [5, 5.41) is 0.530. The van der Waals surface area contributed by atoms with E-state index in [1.54, 1.807) is 24.3 Å². The minimum absolute atomic E-state index is 0. The van der Waals surface area contributed by atoms with Crippen molar-refractivity contribution in [2.45, 2.75) is 0 Å². The molecule has 0 spiro atoms. The normalized spacial score (nSPS) is 8.64. The van der Waals surface area contributed by atoms with Crippen LogP contribution in [0.25, 0.3) is 0 Å². The van der Waals surface area contributed by atoms with Gasteiger partial charge in [0.05, 0.1) is 0 Å². The van der Waals surface area contributed by atoms with Crippen LogP contribution in [0.4, 0.5) is 0 Å². The van der Waals surface area contributed by atoms with Crippen molar-refractivity contribution in [1.82, 2.24) is 0 Å². The molecule has 1 aromatic carbocycles. The molecule has 0 aliphatic heterocycles. The van der Waals surface area contributed by atoms with Crippen LogP contribution in [0.15, 0.2) is 24.3 Å². The summed E-state index contributed by atoms with van der Waals surface area (Å²) in [6.45, 7) is 0. The fourth-order valence-electron chi connectivity index (χ4n) is 0.687. The smallest absolute Gasteiger partial charge is 1.00 e. The zero-order chi connectivity index (χ0) is 7.56. The topological polar surface area (TPSA) is 17.1 Å². The minimum atomic E-state index is 0. The Morgan fingerprint density at radius 1 is 1.36 bits per heavy atom. The number of halogens is 2. The standard InChI is InChI=1S/C7H4ClO.BrH.Mg/c8-7-4-2-1-3-6(7)5-9;;/h1-4H;1H;/q;;+1/p-1. The van der Waals surface area contributed by atoms with Crippen molar-refractivity contribution < 1.29 is 21.8 Å². The third kappa shape index (κ3) is 3.11. The molecule has 0 fully saturated rings. The molecule has 54 valence electrons. The number of carbonyl (C=O) groups excluding carboxylic acids is 1. The van der Waals surface area contributed by atoms with Gasteiger partial charge < -0.3 is 17.0 Å². The average molecular weight is 244 g/mol. The SMILES string of the molecule is O=[C]([Mg+])c1ccccc1Cl.[Br-]. The van der Waals surface area contributed by atoms with E-state index in [-0.39, 0.29) is 20.9 Å². The summed E-state index contributed by atoms with van der Waals surface area (Å²) in [5.74, 6) is 0. The summed E-state index contributed by atoms with van der Waals surface area (Å²) in [6, 6.07) is 7.03. The van der Waals surface area contributed by atoms with E-state index in [1.165, 1.54) is 21.7 Å². The average Bonchev–Trinajstić information content (AvgIpc) is 1.88. The molecule has 0 amide bonds. The number of hydrogen-bond donors (Lipinski definition) is 0. The molecule has 0 saturated carbocycles. The van der Waals surface area contributed by atoms with Crippen LogP contribution in [-0.2, 0) is 0 Å². The summed E-state index contributed by atoms with van der Waals surface area (Å²) >= 11 is 7.01. The predicted octanol–water partition coefficient (Wildman–Crippen LogP) is -1.35. The van der Waals surface area contributed by atoms with Gasteiger partial charge in [-0.2, -0.15) is 0 Å². The first kappa shape index (κ1) is 11.4. The van der Waals surface area contributed by atoms with Gasteiger partial charge in [-0.3, -0.25) is 0 Å². The maximum absolute atomic E-state index is 10.8. The second-order valence-electron chi connectivity index (χ2n) is 1.90. The van der Waals surface area contributed by atoms with E-state index < -0.39 is 0 Å². The third-order valence-corrected chi connectivity index (χ3v) is 1.88. The Balaban J connectivity index is 0.000001000. The fourth-order valence-corrected chi connectivity index (χ4v) is 1.35. The van der Waals surface area contributed by atoms with E-state index in [0.29, 0.717) is 10.6 Å². The largest absolute Gasteiger partial charge is 1.00 e. The molecule has 1 aromatic rings. The van der Waals surface area contributed by atoms with Gasteiger partial charge in [0.1, 0.15) is 0 Å². The van der Waals surface area contributed by atoms with Crippen LogP contribution < -0.4 is 17.0 Å². The molecule has 1 nitrogen and oxygen atoms in total. The first-order valence-corrected chi connectivity index (χ1v) is 3.91. The maximum atomic E-state index is 10.8. The van der Waals surface area contributed by atoms with Gasteiger partial charge in [0.25, 0.3) is 0 Å². The van der Waals surface area contributed by atoms with E-state index in [9.17, 15) is 4.79 Å². The van der Waals surface area contributed by atoms with Crippen molar-refractivity contribution in [1.29, 1.82) is 0 Å². The monoisotopic (exact) mass is 242 g/mol. The summed E-state index contributed by atoms with van der Waals surface area (Å²) < 4.78 is 0.0330. The molecule has 11 heavy (non-hydrogen) atoms. The summed E-state index contributed by atoms with van der Waals surface area (Å²) in [7, 11) is 0. The number of hydrogen-bond acceptors (Lipinski definition) is 1. The summed E-state index contributed by atoms with van der Waals surface area (Å²) in [5.41, 5.74) is 0.600. The van der Waals surface area contributed by atoms with Gasteiger partial charge in [-0.15, -0.1) is 0 Å². The zero-order valence-corrected chi connectivity index (χ0v) is 9.44. The van der Waals surface area contributed by atoms with Gasteiger partial charge in [0, 0.05) is 0 Å². The number of rotatable bonds is 1. The van der Waals surface area contributed by atoms with E-state index in [0.717, 1.165) is 0 Å². The Labute approximate surface area is 93.3 Å². The number of benzene rings is 1. The molecule has 0 aromatic heterocycles. The van der Waals surface area contributed by atoms with Crippen molar-refractivity contribution >= 4 is 37.2 Å². The minimum Gasteiger partial charge on any atom is -1.00 e. The van der Waals surface area contributed by atoms with Crippen LogP contribution in [0.3, 0.4) is 0 Å². The van der Waals surface area contributed by atoms with Crippen molar-refractivity contribution in [3.63, 3.8) is 0 Å². The molecule has 1 rings (SSSR count). The molecule has 0 aliphatic carbocycles. The quantitative estimate of drug-likeness (QED) is 0.558. The Hall–Kier alpha value is 0.426. The summed E-state index contributed by atoms with van der Waals surface area (Å²) in [4.78, 5) is 10.8. The Morgan fingerprint density at radius 2 is 1.91 bits per heavy atom. The first-order chi connectivity index (χ1) is 4.72. The van der Waals surface area contributed by atoms with Crippen LogP contribution in [-0.4, -0.2) is 25.6 Å². The fraction of sp³-hybridized carbons (Fsp3) is 0. The van der Waals surface area contributed by atoms with Gasteiger partial charge in [-0.05, 0) is 0 Å². The molecule has 0 saturated heterocycles. The molecule has 0 N–H and O–H groups in total. The molecule has 0 atom stereocenters. The van der Waals surface area contributed by atoms with Crippen LogP contribution in [0.5, 0.6) is 0 Å². The van der Waals surface area contributed by atoms with E-state index in [1.807, 2.05) is 0 Å². The second kappa shape index (κ2) is 5.14. The first-order valence-electron chi connectivity index (χ1n) is 2.82. The predicted molar refractivity (Wildman–Crippen MR) is 41.5 cm³/mol. The van der Waals surface area contributed by atoms with Crippen LogP contribution in [0, 0.1) is 0 Å². The van der Waals surface area contributed by atoms with Crippen LogP contribution >= 0.6 is 11.6 Å². The molecule has 0 aliphatic rings. The Kier molecular flexibility index (Phi) is 5.34. The van der Waals surface area contributed by atoms with Gasteiger partial charge in [-0.1, -0.05) is 0 Å². The zero-order valence-electron chi connectivity index (χ0n) is 5.68. The third-order valence-electron chi connectivity index (χ3n) is 1.17. The van der Waals surface area contributed by atoms with E-state index in [2.05, 4.69) is 0 Å². The molecule has 0 bridgehead atoms. The van der Waals surface area contributed by atoms with Crippen molar-refractivity contribution in [3.05, 3.63) is 34.9 Å². The van der Waals surface area contributed by atoms with E-state index >= 15 is 0 Å². The molecule has 4 heteroatoms. The van der Waals surface area contributed by atoms with Crippen LogP contribution in [0.1, 0.15) is 10.4 Å². The molecule has 0 heterocycles. The van der Waals surface area contributed by atoms with Crippen molar-refractivity contribution in [3.8, 4) is 0 Å². The number of carbonyl (C=O) groups is 1. The summed E-state index contributed by atoms with van der Waals surface area (Å²) in [6.07, 6.45) is 0. The van der Waals surface area contributed by atoms with Gasteiger partial charge in [0.2, 0.25) is 0 Å². The van der Waals surface area contributed by atoms with Gasteiger partial charge >= 0.3 is 76.9 Å². The molecular formula is C7H4BrClMgO. The van der Waals surface area contributed by atoms with Gasteiger partial charge in [0.15, 0.2) is 0 Å². The van der Waals surface area contributed by atoms with Crippen molar-refractivity contribution in [2.24, 2.45) is 0 Å². The Bertz CT molecular complexity index is 264. The molecule has 0 radical (unpaired) electrons. The molecular weight excluding hydrogens is 240 g/mol. The molecule has 0 unspecified atom stereocenters. The second-order valence-corrected chi connectivity index (χ2v) is 2.95. The van der Waals surface area contributed by atoms with Crippen molar-refractivity contribution in [2.75, 3.05) is 0 Å². The van der Waals surface area contributed by atoms with Gasteiger partial charge in [-0.25, -0.2) is 0 Å². The maximum Gasteiger partial charge on any atom is -1.00 e. The van der Waals surface area contributed by atoms with Crippen LogP contribution in [0.2, 0.25) is 5.02 Å².